The number of amides is 1. The van der Waals surface area contributed by atoms with Gasteiger partial charge in [0.2, 0.25) is 5.76 Å². The van der Waals surface area contributed by atoms with Crippen molar-refractivity contribution in [2.24, 2.45) is 5.10 Å². The fourth-order valence-electron chi connectivity index (χ4n) is 2.86. The number of hydrazone groups is 1. The molecule has 2 heterocycles. The zero-order valence-corrected chi connectivity index (χ0v) is 18.2. The average Bonchev–Trinajstić information content (AvgIpc) is 3.47. The molecule has 8 nitrogen and oxygen atoms in total. The number of aromatic nitrogens is 2. The monoisotopic (exact) mass is 492 g/mol. The molecular weight excluding hydrogens is 476 g/mol. The molecule has 9 heteroatoms. The summed E-state index contributed by atoms with van der Waals surface area (Å²) in [7, 11) is 0. The Morgan fingerprint density at radius 1 is 1.12 bits per heavy atom. The highest BCUT2D eigenvalue weighted by atomic mass is 79.9. The van der Waals surface area contributed by atoms with Gasteiger partial charge >= 0.3 is 5.97 Å². The lowest BCUT2D eigenvalue weighted by Gasteiger charge is -2.07. The lowest BCUT2D eigenvalue weighted by Crippen LogP contribution is -2.22. The molecule has 160 valence electrons. The minimum atomic E-state index is -0.580. The smallest absolute Gasteiger partial charge is 0.379 e. The number of esters is 1. The summed E-state index contributed by atoms with van der Waals surface area (Å²) in [5.74, 6) is -0.470. The minimum absolute atomic E-state index is 0.123. The van der Waals surface area contributed by atoms with E-state index in [9.17, 15) is 9.59 Å². The molecule has 0 aliphatic rings. The van der Waals surface area contributed by atoms with E-state index in [0.29, 0.717) is 23.6 Å². The number of benzene rings is 2. The van der Waals surface area contributed by atoms with Crippen LogP contribution in [0.15, 0.2) is 93.2 Å². The molecule has 2 aromatic carbocycles. The predicted molar refractivity (Wildman–Crippen MR) is 121 cm³/mol. The van der Waals surface area contributed by atoms with E-state index in [-0.39, 0.29) is 11.7 Å². The number of carbonyl (C=O) groups is 2. The number of nitrogens with zero attached hydrogens (tertiary/aromatic N) is 3. The molecule has 0 radical (unpaired) electrons. The van der Waals surface area contributed by atoms with E-state index in [1.807, 2.05) is 24.3 Å². The fourth-order valence-corrected chi connectivity index (χ4v) is 3.30. The number of hydrogen-bond acceptors (Lipinski definition) is 6. The molecule has 0 aliphatic carbocycles. The van der Waals surface area contributed by atoms with Crippen molar-refractivity contribution in [2.45, 2.75) is 6.54 Å². The Balaban J connectivity index is 1.34. The van der Waals surface area contributed by atoms with Crippen molar-refractivity contribution in [3.8, 4) is 5.75 Å². The van der Waals surface area contributed by atoms with E-state index >= 15 is 0 Å². The third kappa shape index (κ3) is 5.38. The van der Waals surface area contributed by atoms with Crippen LogP contribution >= 0.6 is 15.9 Å². The number of carbonyl (C=O) groups excluding carboxylic acids is 2. The summed E-state index contributed by atoms with van der Waals surface area (Å²) in [6.07, 6.45) is 4.46. The first kappa shape index (κ1) is 21.3. The summed E-state index contributed by atoms with van der Waals surface area (Å²) in [5.41, 5.74) is 4.61. The maximum atomic E-state index is 12.5. The molecule has 0 atom stereocenters. The van der Waals surface area contributed by atoms with E-state index in [0.717, 1.165) is 10.0 Å². The Morgan fingerprint density at radius 3 is 2.72 bits per heavy atom. The van der Waals surface area contributed by atoms with Crippen LogP contribution in [0.2, 0.25) is 0 Å². The van der Waals surface area contributed by atoms with E-state index in [2.05, 4.69) is 31.6 Å². The van der Waals surface area contributed by atoms with Crippen LogP contribution in [0.3, 0.4) is 0 Å². The van der Waals surface area contributed by atoms with Gasteiger partial charge in [0, 0.05) is 10.7 Å². The summed E-state index contributed by atoms with van der Waals surface area (Å²) in [6, 6.07) is 19.2. The molecule has 0 saturated heterocycles. The molecule has 0 aliphatic heterocycles. The second-order valence-corrected chi connectivity index (χ2v) is 7.55. The molecule has 0 bridgehead atoms. The molecule has 0 fully saturated rings. The highest BCUT2D eigenvalue weighted by Gasteiger charge is 2.12. The molecule has 0 unspecified atom stereocenters. The van der Waals surface area contributed by atoms with Gasteiger partial charge in [0.25, 0.3) is 5.91 Å². The van der Waals surface area contributed by atoms with Gasteiger partial charge in [-0.2, -0.15) is 10.2 Å². The van der Waals surface area contributed by atoms with Crippen molar-refractivity contribution in [3.63, 3.8) is 0 Å². The quantitative estimate of drug-likeness (QED) is 0.180. The summed E-state index contributed by atoms with van der Waals surface area (Å²) >= 11 is 3.44. The topological polar surface area (TPSA) is 98.7 Å². The third-order valence-electron chi connectivity index (χ3n) is 4.36. The van der Waals surface area contributed by atoms with Crippen molar-refractivity contribution in [1.29, 1.82) is 0 Å². The van der Waals surface area contributed by atoms with Gasteiger partial charge in [-0.1, -0.05) is 28.1 Å². The van der Waals surface area contributed by atoms with Crippen LogP contribution in [0.4, 0.5) is 0 Å². The van der Waals surface area contributed by atoms with E-state index in [1.165, 1.54) is 18.5 Å². The van der Waals surface area contributed by atoms with Gasteiger partial charge in [-0.25, -0.2) is 10.2 Å². The van der Waals surface area contributed by atoms with Crippen LogP contribution in [0.25, 0.3) is 0 Å². The van der Waals surface area contributed by atoms with Crippen molar-refractivity contribution < 1.29 is 18.7 Å². The fraction of sp³-hybridized carbons (Fsp3) is 0.0435. The second kappa shape index (κ2) is 9.88. The van der Waals surface area contributed by atoms with Gasteiger partial charge in [0.1, 0.15) is 11.4 Å². The van der Waals surface area contributed by atoms with Crippen LogP contribution < -0.4 is 10.2 Å². The van der Waals surface area contributed by atoms with Crippen LogP contribution in [0.1, 0.15) is 32.2 Å². The summed E-state index contributed by atoms with van der Waals surface area (Å²) in [6.45, 7) is 0.455. The predicted octanol–water partition coefficient (Wildman–Crippen LogP) is 4.27. The van der Waals surface area contributed by atoms with E-state index in [4.69, 9.17) is 9.15 Å². The largest absolute Gasteiger partial charge is 0.457 e. The van der Waals surface area contributed by atoms with Crippen LogP contribution in [-0.2, 0) is 6.54 Å². The van der Waals surface area contributed by atoms with Crippen LogP contribution in [0.5, 0.6) is 5.75 Å². The minimum Gasteiger partial charge on any atom is -0.457 e. The van der Waals surface area contributed by atoms with E-state index in [1.54, 1.807) is 47.3 Å². The number of nitrogens with one attached hydrogen (secondary N) is 1. The number of halogens is 1. The molecule has 1 N–H and O–H groups in total. The van der Waals surface area contributed by atoms with Crippen molar-refractivity contribution in [2.75, 3.05) is 0 Å². The molecule has 2 aromatic heterocycles. The van der Waals surface area contributed by atoms with Gasteiger partial charge < -0.3 is 9.15 Å². The summed E-state index contributed by atoms with van der Waals surface area (Å²) in [4.78, 5) is 24.4. The highest BCUT2D eigenvalue weighted by molar-refractivity contribution is 9.10. The van der Waals surface area contributed by atoms with E-state index < -0.39 is 5.97 Å². The number of hydrogen-bond donors (Lipinski definition) is 1. The maximum absolute atomic E-state index is 12.5. The van der Waals surface area contributed by atoms with Crippen LogP contribution in [-0.4, -0.2) is 27.9 Å². The van der Waals surface area contributed by atoms with Crippen molar-refractivity contribution in [1.82, 2.24) is 15.2 Å². The molecule has 4 aromatic rings. The lowest BCUT2D eigenvalue weighted by atomic mass is 10.2. The Kier molecular flexibility index (Phi) is 6.57. The SMILES string of the molecule is O=C(Oc1ccc(/C=N\NC(=O)c2ccnn2Cc2cccc(Br)c2)cc1)c1ccco1. The highest BCUT2D eigenvalue weighted by Crippen LogP contribution is 2.15. The molecule has 4 rings (SSSR count). The number of ether oxygens (including phenoxy) is 1. The van der Waals surface area contributed by atoms with Gasteiger partial charge in [-0.15, -0.1) is 0 Å². The Hall–Kier alpha value is -3.98. The summed E-state index contributed by atoms with van der Waals surface area (Å²) < 4.78 is 12.8. The molecule has 0 saturated carbocycles. The zero-order valence-electron chi connectivity index (χ0n) is 16.6. The Labute approximate surface area is 191 Å². The molecule has 0 spiro atoms. The molecule has 32 heavy (non-hydrogen) atoms. The van der Waals surface area contributed by atoms with Crippen LogP contribution in [0, 0.1) is 0 Å². The maximum Gasteiger partial charge on any atom is 0.379 e. The summed E-state index contributed by atoms with van der Waals surface area (Å²) in [5, 5.41) is 8.22. The Morgan fingerprint density at radius 2 is 1.97 bits per heavy atom. The van der Waals surface area contributed by atoms with Gasteiger partial charge in [-0.3, -0.25) is 9.48 Å². The number of rotatable bonds is 7. The Bertz CT molecular complexity index is 1250. The third-order valence-corrected chi connectivity index (χ3v) is 4.86. The second-order valence-electron chi connectivity index (χ2n) is 6.64. The normalized spacial score (nSPS) is 10.9. The standard InChI is InChI=1S/C23H17BrN4O4/c24-18-4-1-3-17(13-18)15-28-20(10-11-26-28)22(29)27-25-14-16-6-8-19(9-7-16)32-23(30)21-5-2-12-31-21/h1-14H,15H2,(H,27,29)/b25-14-. The number of furan rings is 1. The molecular formula is C23H17BrN4O4. The van der Waals surface area contributed by atoms with Crippen molar-refractivity contribution in [3.05, 3.63) is 106 Å². The van der Waals surface area contributed by atoms with Gasteiger partial charge in [0.15, 0.2) is 0 Å². The van der Waals surface area contributed by atoms with Gasteiger partial charge in [-0.05, 0) is 65.7 Å². The average molecular weight is 493 g/mol. The first-order valence-electron chi connectivity index (χ1n) is 9.54. The first-order chi connectivity index (χ1) is 15.6. The zero-order chi connectivity index (χ0) is 22.3. The van der Waals surface area contributed by atoms with Crippen molar-refractivity contribution >= 4 is 34.0 Å². The first-order valence-corrected chi connectivity index (χ1v) is 10.3. The molecule has 1 amide bonds. The lowest BCUT2D eigenvalue weighted by molar-refractivity contribution is 0.0701. The van der Waals surface area contributed by atoms with Gasteiger partial charge in [0.05, 0.1) is 19.0 Å².